The molecule has 0 bridgehead atoms. The highest BCUT2D eigenvalue weighted by atomic mass is 16.5. The minimum Gasteiger partial charge on any atom is -0.507 e. The fraction of sp³-hybridized carbons (Fsp3) is 0.375. The van der Waals surface area contributed by atoms with Gasteiger partial charge in [-0.15, -0.1) is 0 Å². The molecule has 1 fully saturated rings. The van der Waals surface area contributed by atoms with Crippen LogP contribution in [0.15, 0.2) is 48.3 Å². The van der Waals surface area contributed by atoms with Crippen LogP contribution in [-0.4, -0.2) is 60.0 Å². The number of pyridine rings is 1. The predicted octanol–water partition coefficient (Wildman–Crippen LogP) is 1.75. The van der Waals surface area contributed by atoms with Crippen LogP contribution in [0.2, 0.25) is 0 Å². The molecule has 3 rings (SSSR count). The van der Waals surface area contributed by atoms with Crippen molar-refractivity contribution in [2.24, 2.45) is 0 Å². The molecule has 7 nitrogen and oxygen atoms in total. The number of nitrogens with zero attached hydrogens (tertiary/aromatic N) is 2. The fourth-order valence-electron chi connectivity index (χ4n) is 4.06. The number of hydrogen-bond donors (Lipinski definition) is 2. The molecular formula is C24H30N3O4+. The average molecular weight is 425 g/mol. The number of ketones is 1. The van der Waals surface area contributed by atoms with Crippen molar-refractivity contribution in [1.29, 1.82) is 0 Å². The van der Waals surface area contributed by atoms with Gasteiger partial charge in [-0.25, -0.2) is 0 Å². The molecule has 1 aromatic heterocycles. The van der Waals surface area contributed by atoms with E-state index in [4.69, 9.17) is 4.74 Å². The predicted molar refractivity (Wildman–Crippen MR) is 118 cm³/mol. The first-order valence-electron chi connectivity index (χ1n) is 10.6. The van der Waals surface area contributed by atoms with Crippen molar-refractivity contribution in [1.82, 2.24) is 9.88 Å². The van der Waals surface area contributed by atoms with Crippen LogP contribution in [0.3, 0.4) is 0 Å². The number of aliphatic hydroxyl groups is 1. The Labute approximate surface area is 183 Å². The van der Waals surface area contributed by atoms with E-state index in [0.717, 1.165) is 25.2 Å². The Bertz CT molecular complexity index is 984. The topological polar surface area (TPSA) is 84.2 Å². The second-order valence-electron chi connectivity index (χ2n) is 7.67. The molecule has 0 saturated carbocycles. The highest BCUT2D eigenvalue weighted by molar-refractivity contribution is 6.46. The number of benzene rings is 1. The number of likely N-dealkylation sites (tertiary alicyclic amines) is 1. The highest BCUT2D eigenvalue weighted by Crippen LogP contribution is 2.39. The zero-order valence-electron chi connectivity index (χ0n) is 18.5. The molecule has 7 heteroatoms. The molecule has 1 saturated heterocycles. The lowest BCUT2D eigenvalue weighted by Crippen LogP contribution is -3.12. The van der Waals surface area contributed by atoms with Gasteiger partial charge in [0, 0.05) is 18.0 Å². The fourth-order valence-corrected chi connectivity index (χ4v) is 4.06. The summed E-state index contributed by atoms with van der Waals surface area (Å²) in [6, 6.07) is 8.10. The first-order valence-corrected chi connectivity index (χ1v) is 10.6. The van der Waals surface area contributed by atoms with Gasteiger partial charge in [-0.05, 0) is 56.2 Å². The van der Waals surface area contributed by atoms with Gasteiger partial charge in [0.25, 0.3) is 11.7 Å². The molecule has 2 aromatic rings. The number of carbonyl (C=O) groups excluding carboxylic acids is 2. The maximum atomic E-state index is 13.0. The van der Waals surface area contributed by atoms with Crippen molar-refractivity contribution in [3.05, 3.63) is 65.0 Å². The molecule has 2 heterocycles. The number of rotatable bonds is 8. The van der Waals surface area contributed by atoms with E-state index in [1.54, 1.807) is 48.7 Å². The largest absolute Gasteiger partial charge is 0.507 e. The molecule has 1 aliphatic rings. The third kappa shape index (κ3) is 4.46. The molecule has 0 radical (unpaired) electrons. The van der Waals surface area contributed by atoms with Crippen LogP contribution < -0.4 is 9.64 Å². The first-order chi connectivity index (χ1) is 14.9. The Kier molecular flexibility index (Phi) is 7.07. The van der Waals surface area contributed by atoms with E-state index in [0.29, 0.717) is 23.4 Å². The molecule has 164 valence electrons. The van der Waals surface area contributed by atoms with Crippen molar-refractivity contribution < 1.29 is 24.3 Å². The third-order valence-electron chi connectivity index (χ3n) is 5.91. The van der Waals surface area contributed by atoms with Crippen LogP contribution in [0.4, 0.5) is 0 Å². The molecule has 0 spiro atoms. The molecule has 1 atom stereocenters. The van der Waals surface area contributed by atoms with Gasteiger partial charge in [0.1, 0.15) is 11.5 Å². The van der Waals surface area contributed by atoms with Gasteiger partial charge in [0.05, 0.1) is 44.9 Å². The minimum absolute atomic E-state index is 0.0945. The maximum Gasteiger partial charge on any atom is 0.295 e. The number of Topliss-reactive ketones (excluding diaryl/α,β-unsaturated/α-hetero) is 1. The van der Waals surface area contributed by atoms with Crippen molar-refractivity contribution in [2.45, 2.75) is 26.8 Å². The van der Waals surface area contributed by atoms with Crippen LogP contribution in [-0.2, 0) is 9.59 Å². The zero-order chi connectivity index (χ0) is 22.5. The summed E-state index contributed by atoms with van der Waals surface area (Å²) in [6.45, 7) is 9.05. The summed E-state index contributed by atoms with van der Waals surface area (Å²) in [4.78, 5) is 33.1. The van der Waals surface area contributed by atoms with Crippen LogP contribution in [0, 0.1) is 6.92 Å². The van der Waals surface area contributed by atoms with Gasteiger partial charge in [0.2, 0.25) is 0 Å². The summed E-state index contributed by atoms with van der Waals surface area (Å²) in [7, 11) is 1.58. The molecule has 1 amide bonds. The van der Waals surface area contributed by atoms with Gasteiger partial charge >= 0.3 is 0 Å². The van der Waals surface area contributed by atoms with E-state index < -0.39 is 17.7 Å². The van der Waals surface area contributed by atoms with Gasteiger partial charge < -0.3 is 19.6 Å². The summed E-state index contributed by atoms with van der Waals surface area (Å²) in [5.41, 5.74) is 2.09. The number of nitrogens with one attached hydrogen (secondary N) is 1. The smallest absolute Gasteiger partial charge is 0.295 e. The Morgan fingerprint density at radius 3 is 2.55 bits per heavy atom. The number of ether oxygens (including phenoxy) is 1. The number of aliphatic hydroxyl groups excluding tert-OH is 1. The Balaban J connectivity index is 2.08. The summed E-state index contributed by atoms with van der Waals surface area (Å²) in [6.07, 6.45) is 3.28. The molecule has 0 aliphatic carbocycles. The monoisotopic (exact) mass is 424 g/mol. The molecule has 1 aliphatic heterocycles. The molecule has 2 N–H and O–H groups in total. The molecule has 1 aromatic carbocycles. The second-order valence-corrected chi connectivity index (χ2v) is 7.67. The molecule has 31 heavy (non-hydrogen) atoms. The standard InChI is InChI=1S/C24H29N3O4/c1-5-26(6-2)12-13-27-21(18-8-7-11-25-15-18)20(23(29)24(27)30)22(28)17-9-10-19(31-4)16(3)14-17/h7-11,14-15,21,28H,5-6,12-13H2,1-4H3/p+1/t21-/m0/s1. The normalized spacial score (nSPS) is 18.1. The van der Waals surface area contributed by atoms with E-state index in [1.807, 2.05) is 13.0 Å². The molecular weight excluding hydrogens is 394 g/mol. The summed E-state index contributed by atoms with van der Waals surface area (Å²) < 4.78 is 5.29. The minimum atomic E-state index is -0.675. The van der Waals surface area contributed by atoms with Crippen LogP contribution in [0.25, 0.3) is 5.76 Å². The van der Waals surface area contributed by atoms with Gasteiger partial charge in [-0.3, -0.25) is 14.6 Å². The number of methoxy groups -OCH3 is 1. The Morgan fingerprint density at radius 2 is 1.97 bits per heavy atom. The number of aromatic nitrogens is 1. The van der Waals surface area contributed by atoms with E-state index in [1.165, 1.54) is 4.90 Å². The summed E-state index contributed by atoms with van der Waals surface area (Å²) in [5, 5.41) is 11.1. The second kappa shape index (κ2) is 9.75. The van der Waals surface area contributed by atoms with Crippen LogP contribution >= 0.6 is 0 Å². The number of quaternary nitrogens is 1. The van der Waals surface area contributed by atoms with Crippen molar-refractivity contribution in [2.75, 3.05) is 33.3 Å². The Hall–Kier alpha value is -3.19. The first kappa shape index (κ1) is 22.5. The highest BCUT2D eigenvalue weighted by Gasteiger charge is 2.46. The van der Waals surface area contributed by atoms with E-state index >= 15 is 0 Å². The van der Waals surface area contributed by atoms with Crippen LogP contribution in [0.1, 0.15) is 36.6 Å². The quantitative estimate of drug-likeness (QED) is 0.383. The number of hydrogen-bond acceptors (Lipinski definition) is 5. The Morgan fingerprint density at radius 1 is 1.23 bits per heavy atom. The summed E-state index contributed by atoms with van der Waals surface area (Å²) in [5.74, 6) is -0.764. The maximum absolute atomic E-state index is 13.0. The lowest BCUT2D eigenvalue weighted by Gasteiger charge is -2.26. The van der Waals surface area contributed by atoms with Crippen molar-refractivity contribution in [3.63, 3.8) is 0 Å². The van der Waals surface area contributed by atoms with Gasteiger partial charge in [-0.2, -0.15) is 0 Å². The lowest BCUT2D eigenvalue weighted by atomic mass is 9.95. The zero-order valence-corrected chi connectivity index (χ0v) is 18.5. The third-order valence-corrected chi connectivity index (χ3v) is 5.91. The van der Waals surface area contributed by atoms with Crippen molar-refractivity contribution in [3.8, 4) is 5.75 Å². The summed E-state index contributed by atoms with van der Waals surface area (Å²) >= 11 is 0. The van der Waals surface area contributed by atoms with E-state index in [2.05, 4.69) is 18.8 Å². The SMILES string of the molecule is CC[NH+](CC)CCN1C(=O)C(=O)C(=C(O)c2ccc(OC)c(C)c2)[C@@H]1c1cccnc1. The molecule has 0 unspecified atom stereocenters. The number of carbonyl (C=O) groups is 2. The number of amides is 1. The average Bonchev–Trinajstić information content (AvgIpc) is 3.04. The van der Waals surface area contributed by atoms with E-state index in [9.17, 15) is 14.7 Å². The number of likely N-dealkylation sites (N-methyl/N-ethyl adjacent to an activating group) is 1. The number of aryl methyl sites for hydroxylation is 1. The van der Waals surface area contributed by atoms with Gasteiger partial charge in [0.15, 0.2) is 0 Å². The van der Waals surface area contributed by atoms with E-state index in [-0.39, 0.29) is 11.3 Å². The van der Waals surface area contributed by atoms with Gasteiger partial charge in [-0.1, -0.05) is 6.07 Å². The van der Waals surface area contributed by atoms with Crippen molar-refractivity contribution >= 4 is 17.4 Å². The lowest BCUT2D eigenvalue weighted by molar-refractivity contribution is -0.895. The van der Waals surface area contributed by atoms with Crippen LogP contribution in [0.5, 0.6) is 5.75 Å².